The minimum Gasteiger partial charge on any atom is -0.490 e. The van der Waals surface area contributed by atoms with Crippen LogP contribution in [0.15, 0.2) is 73.2 Å². The molecule has 4 rings (SSSR count). The predicted octanol–water partition coefficient (Wildman–Crippen LogP) is 3.67. The molecule has 0 atom stereocenters. The lowest BCUT2D eigenvalue weighted by molar-refractivity contribution is -0.132. The second kappa shape index (κ2) is 9.87. The number of likely N-dealkylation sites (tertiary alicyclic amines) is 1. The number of hydrogen-bond donors (Lipinski definition) is 0. The topological polar surface area (TPSA) is 64.6 Å². The first-order valence-electron chi connectivity index (χ1n) is 10.2. The Morgan fingerprint density at radius 1 is 0.967 bits per heavy atom. The van der Waals surface area contributed by atoms with Crippen LogP contribution in [0.25, 0.3) is 0 Å². The number of ether oxygens (including phenoxy) is 2. The van der Waals surface area contributed by atoms with Crippen LogP contribution in [-0.4, -0.2) is 40.0 Å². The predicted molar refractivity (Wildman–Crippen MR) is 113 cm³/mol. The zero-order valence-corrected chi connectivity index (χ0v) is 16.8. The largest absolute Gasteiger partial charge is 0.490 e. The van der Waals surface area contributed by atoms with Gasteiger partial charge in [-0.2, -0.15) is 0 Å². The zero-order chi connectivity index (χ0) is 20.6. The Bertz CT molecular complexity index is 925. The van der Waals surface area contributed by atoms with Crippen molar-refractivity contribution >= 4 is 5.91 Å². The first kappa shape index (κ1) is 19.9. The number of nitrogens with zero attached hydrogens (tertiary/aromatic N) is 3. The van der Waals surface area contributed by atoms with Gasteiger partial charge in [-0.25, -0.2) is 0 Å². The zero-order valence-electron chi connectivity index (χ0n) is 16.8. The monoisotopic (exact) mass is 403 g/mol. The third-order valence-electron chi connectivity index (χ3n) is 5.12. The number of rotatable bonds is 7. The second-order valence-electron chi connectivity index (χ2n) is 7.32. The minimum atomic E-state index is 0.0915. The SMILES string of the molecule is O=C(Cc1cnccn1)N1CCC(Oc2ccc(OCc3ccccc3)cc2)CC1. The Morgan fingerprint density at radius 3 is 2.40 bits per heavy atom. The van der Waals surface area contributed by atoms with Crippen molar-refractivity contribution in [1.82, 2.24) is 14.9 Å². The first-order chi connectivity index (χ1) is 14.8. The third kappa shape index (κ3) is 5.56. The molecule has 3 aromatic rings. The van der Waals surface area contributed by atoms with E-state index in [1.165, 1.54) is 0 Å². The molecule has 0 N–H and O–H groups in total. The molecular formula is C24H25N3O3. The number of carbonyl (C=O) groups is 1. The summed E-state index contributed by atoms with van der Waals surface area (Å²) in [5.74, 6) is 1.73. The number of aromatic nitrogens is 2. The Morgan fingerprint density at radius 2 is 1.70 bits per heavy atom. The number of amides is 1. The highest BCUT2D eigenvalue weighted by atomic mass is 16.5. The van der Waals surface area contributed by atoms with Gasteiger partial charge in [-0.05, 0) is 29.8 Å². The summed E-state index contributed by atoms with van der Waals surface area (Å²) in [4.78, 5) is 22.5. The van der Waals surface area contributed by atoms with Gasteiger partial charge >= 0.3 is 0 Å². The summed E-state index contributed by atoms with van der Waals surface area (Å²) < 4.78 is 11.9. The maximum atomic E-state index is 12.4. The molecule has 1 fully saturated rings. The summed E-state index contributed by atoms with van der Waals surface area (Å²) in [5, 5.41) is 0. The van der Waals surface area contributed by atoms with Crippen LogP contribution in [0, 0.1) is 0 Å². The fourth-order valence-corrected chi connectivity index (χ4v) is 3.46. The minimum absolute atomic E-state index is 0.0915. The van der Waals surface area contributed by atoms with Crippen LogP contribution in [-0.2, 0) is 17.8 Å². The summed E-state index contributed by atoms with van der Waals surface area (Å²) in [6, 6.07) is 17.8. The van der Waals surface area contributed by atoms with Crippen LogP contribution in [0.5, 0.6) is 11.5 Å². The van der Waals surface area contributed by atoms with Gasteiger partial charge in [0.1, 0.15) is 24.2 Å². The van der Waals surface area contributed by atoms with E-state index < -0.39 is 0 Å². The Hall–Kier alpha value is -3.41. The Kier molecular flexibility index (Phi) is 6.54. The molecular weight excluding hydrogens is 378 g/mol. The van der Waals surface area contributed by atoms with Crippen LogP contribution < -0.4 is 9.47 Å². The van der Waals surface area contributed by atoms with Crippen molar-refractivity contribution in [1.29, 1.82) is 0 Å². The molecule has 2 heterocycles. The highest BCUT2D eigenvalue weighted by molar-refractivity contribution is 5.78. The normalized spacial score (nSPS) is 14.3. The van der Waals surface area contributed by atoms with Gasteiger partial charge in [0.05, 0.1) is 12.1 Å². The lowest BCUT2D eigenvalue weighted by Gasteiger charge is -2.32. The highest BCUT2D eigenvalue weighted by Gasteiger charge is 2.24. The van der Waals surface area contributed by atoms with Crippen molar-refractivity contribution in [2.75, 3.05) is 13.1 Å². The summed E-state index contributed by atoms with van der Waals surface area (Å²) >= 11 is 0. The van der Waals surface area contributed by atoms with Gasteiger partial charge in [-0.1, -0.05) is 30.3 Å². The fraction of sp³-hybridized carbons (Fsp3) is 0.292. The average Bonchev–Trinajstić information content (AvgIpc) is 2.80. The molecule has 1 saturated heterocycles. The number of benzene rings is 2. The third-order valence-corrected chi connectivity index (χ3v) is 5.12. The van der Waals surface area contributed by atoms with E-state index in [-0.39, 0.29) is 12.0 Å². The molecule has 0 unspecified atom stereocenters. The number of hydrogen-bond acceptors (Lipinski definition) is 5. The van der Waals surface area contributed by atoms with Gasteiger partial charge in [0.15, 0.2) is 0 Å². The van der Waals surface area contributed by atoms with E-state index in [0.717, 1.165) is 29.9 Å². The molecule has 6 nitrogen and oxygen atoms in total. The molecule has 1 aliphatic heterocycles. The van der Waals surface area contributed by atoms with Crippen molar-refractivity contribution in [3.8, 4) is 11.5 Å². The van der Waals surface area contributed by atoms with Crippen LogP contribution in [0.3, 0.4) is 0 Å². The van der Waals surface area contributed by atoms with E-state index in [0.29, 0.717) is 31.8 Å². The van der Waals surface area contributed by atoms with Crippen LogP contribution in [0.2, 0.25) is 0 Å². The van der Waals surface area contributed by atoms with Crippen molar-refractivity contribution in [2.24, 2.45) is 0 Å². The molecule has 0 radical (unpaired) electrons. The summed E-state index contributed by atoms with van der Waals surface area (Å²) in [7, 11) is 0. The van der Waals surface area contributed by atoms with Gasteiger partial charge in [0.25, 0.3) is 0 Å². The van der Waals surface area contributed by atoms with Gasteiger partial charge < -0.3 is 14.4 Å². The van der Waals surface area contributed by atoms with E-state index >= 15 is 0 Å². The van der Waals surface area contributed by atoms with Gasteiger partial charge in [0.2, 0.25) is 5.91 Å². The highest BCUT2D eigenvalue weighted by Crippen LogP contribution is 2.23. The summed E-state index contributed by atoms with van der Waals surface area (Å²) in [6.45, 7) is 1.94. The maximum absolute atomic E-state index is 12.4. The lowest BCUT2D eigenvalue weighted by Crippen LogP contribution is -2.42. The number of carbonyl (C=O) groups excluding carboxylic acids is 1. The molecule has 154 valence electrons. The van der Waals surface area contributed by atoms with E-state index in [1.807, 2.05) is 59.5 Å². The molecule has 0 spiro atoms. The Labute approximate surface area is 176 Å². The summed E-state index contributed by atoms with van der Waals surface area (Å²) in [5.41, 5.74) is 1.84. The van der Waals surface area contributed by atoms with Crippen molar-refractivity contribution in [2.45, 2.75) is 32.0 Å². The van der Waals surface area contributed by atoms with Crippen LogP contribution >= 0.6 is 0 Å². The lowest BCUT2D eigenvalue weighted by atomic mass is 10.1. The van der Waals surface area contributed by atoms with E-state index in [9.17, 15) is 4.79 Å². The average molecular weight is 403 g/mol. The van der Waals surface area contributed by atoms with Crippen molar-refractivity contribution < 1.29 is 14.3 Å². The van der Waals surface area contributed by atoms with Crippen LogP contribution in [0.4, 0.5) is 0 Å². The fourth-order valence-electron chi connectivity index (χ4n) is 3.46. The molecule has 1 aromatic heterocycles. The molecule has 2 aromatic carbocycles. The second-order valence-corrected chi connectivity index (χ2v) is 7.32. The van der Waals surface area contributed by atoms with E-state index in [2.05, 4.69) is 9.97 Å². The van der Waals surface area contributed by atoms with Crippen molar-refractivity contribution in [3.05, 3.63) is 84.4 Å². The smallest absolute Gasteiger partial charge is 0.228 e. The van der Waals surface area contributed by atoms with Gasteiger partial charge in [-0.15, -0.1) is 0 Å². The van der Waals surface area contributed by atoms with Crippen LogP contribution in [0.1, 0.15) is 24.1 Å². The molecule has 0 aliphatic carbocycles. The van der Waals surface area contributed by atoms with E-state index in [1.54, 1.807) is 18.6 Å². The molecule has 1 amide bonds. The standard InChI is InChI=1S/C24H25N3O3/c28-24(16-20-17-25-12-13-26-20)27-14-10-23(11-15-27)30-22-8-6-21(7-9-22)29-18-19-4-2-1-3-5-19/h1-9,12-13,17,23H,10-11,14-16,18H2. The summed E-state index contributed by atoms with van der Waals surface area (Å²) in [6.07, 6.45) is 6.91. The first-order valence-corrected chi connectivity index (χ1v) is 10.2. The molecule has 0 bridgehead atoms. The van der Waals surface area contributed by atoms with Gasteiger partial charge in [-0.3, -0.25) is 14.8 Å². The quantitative estimate of drug-likeness (QED) is 0.602. The number of piperidine rings is 1. The van der Waals surface area contributed by atoms with Gasteiger partial charge in [0, 0.05) is 44.5 Å². The molecule has 1 aliphatic rings. The molecule has 0 saturated carbocycles. The molecule has 30 heavy (non-hydrogen) atoms. The Balaban J connectivity index is 1.21. The maximum Gasteiger partial charge on any atom is 0.228 e. The van der Waals surface area contributed by atoms with E-state index in [4.69, 9.17) is 9.47 Å². The van der Waals surface area contributed by atoms with Crippen molar-refractivity contribution in [3.63, 3.8) is 0 Å². The molecule has 6 heteroatoms.